The lowest BCUT2D eigenvalue weighted by Gasteiger charge is -2.03. The molecule has 0 aromatic rings. The van der Waals surface area contributed by atoms with Gasteiger partial charge in [0, 0.05) is 0 Å². The first-order chi connectivity index (χ1) is 13.8. The lowest BCUT2D eigenvalue weighted by molar-refractivity contribution is 0.531. The highest BCUT2D eigenvalue weighted by Gasteiger charge is 1.94. The first-order valence-corrected chi connectivity index (χ1v) is 14.3. The molecule has 0 nitrogen and oxygen atoms in total. The van der Waals surface area contributed by atoms with Crippen LogP contribution >= 0.6 is 9.24 Å². The van der Waals surface area contributed by atoms with Crippen molar-refractivity contribution in [2.24, 2.45) is 0 Å². The molecule has 0 aliphatic carbocycles. The summed E-state index contributed by atoms with van der Waals surface area (Å²) in [7, 11) is 2.83. The van der Waals surface area contributed by atoms with Crippen LogP contribution in [0, 0.1) is 0 Å². The molecule has 0 aromatic heterocycles. The highest BCUT2D eigenvalue weighted by Crippen LogP contribution is 2.13. The Hall–Kier alpha value is 0.430. The van der Waals surface area contributed by atoms with Gasteiger partial charge in [0.2, 0.25) is 0 Å². The fraction of sp³-hybridized carbons (Fsp3) is 1.00. The molecule has 0 heterocycles. The van der Waals surface area contributed by atoms with Gasteiger partial charge >= 0.3 is 0 Å². The minimum Gasteiger partial charge on any atom is -0.138 e. The van der Waals surface area contributed by atoms with E-state index in [1.54, 1.807) is 0 Å². The van der Waals surface area contributed by atoms with Gasteiger partial charge in [-0.05, 0) is 12.6 Å². The van der Waals surface area contributed by atoms with Gasteiger partial charge in [-0.25, -0.2) is 0 Å². The van der Waals surface area contributed by atoms with E-state index >= 15 is 0 Å². The van der Waals surface area contributed by atoms with Crippen LogP contribution in [0.1, 0.15) is 168 Å². The summed E-state index contributed by atoms with van der Waals surface area (Å²) in [5.74, 6) is 0. The normalized spacial score (nSPS) is 10.7. The lowest BCUT2D eigenvalue weighted by Crippen LogP contribution is -1.83. The summed E-state index contributed by atoms with van der Waals surface area (Å²) in [5.41, 5.74) is 0. The van der Waals surface area contributed by atoms with Crippen LogP contribution in [0.3, 0.4) is 0 Å². The van der Waals surface area contributed by atoms with E-state index in [4.69, 9.17) is 0 Å². The van der Waals surface area contributed by atoms with E-state index in [2.05, 4.69) is 30.0 Å². The van der Waals surface area contributed by atoms with Gasteiger partial charge in [0.05, 0.1) is 0 Å². The molecule has 0 aromatic carbocycles. The van der Waals surface area contributed by atoms with Crippen molar-refractivity contribution in [1.82, 2.24) is 0 Å². The van der Waals surface area contributed by atoms with E-state index in [-0.39, 0.29) is 0 Å². The molecule has 1 heteroatoms. The van der Waals surface area contributed by atoms with E-state index in [9.17, 15) is 0 Å². The second-order valence-electron chi connectivity index (χ2n) is 8.86. The monoisotopic (exact) mass is 414 g/mol. The van der Waals surface area contributed by atoms with E-state index in [1.807, 2.05) is 0 Å². The first-order valence-electron chi connectivity index (χ1n) is 13.5. The quantitative estimate of drug-likeness (QED) is 0.122. The summed E-state index contributed by atoms with van der Waals surface area (Å²) in [4.78, 5) is 0. The Balaban J connectivity index is 0. The van der Waals surface area contributed by atoms with E-state index in [1.165, 1.54) is 154 Å². The zero-order valence-corrected chi connectivity index (χ0v) is 21.7. The first kappa shape index (κ1) is 30.6. The highest BCUT2D eigenvalue weighted by atomic mass is 31.0. The van der Waals surface area contributed by atoms with Crippen molar-refractivity contribution >= 4 is 9.24 Å². The Bertz CT molecular complexity index is 204. The van der Waals surface area contributed by atoms with E-state index in [0.29, 0.717) is 0 Å². The molecule has 0 aliphatic rings. The van der Waals surface area contributed by atoms with Gasteiger partial charge in [-0.3, -0.25) is 0 Å². The minimum absolute atomic E-state index is 1.29. The largest absolute Gasteiger partial charge is 0.138 e. The Morgan fingerprint density at radius 2 is 0.464 bits per heavy atom. The third kappa shape index (κ3) is 34.0. The molecule has 0 aliphatic heterocycles. The summed E-state index contributed by atoms with van der Waals surface area (Å²) < 4.78 is 0. The molecule has 172 valence electrons. The van der Waals surface area contributed by atoms with Gasteiger partial charge in [-0.15, -0.1) is 9.24 Å². The molecular weight excluding hydrogens is 355 g/mol. The molecule has 0 N–H and O–H groups in total. The third-order valence-electron chi connectivity index (χ3n) is 5.76. The summed E-state index contributed by atoms with van der Waals surface area (Å²) in [6.07, 6.45) is 34.7. The maximum absolute atomic E-state index is 2.83. The van der Waals surface area contributed by atoms with E-state index < -0.39 is 0 Å². The van der Waals surface area contributed by atoms with Crippen LogP contribution in [-0.4, -0.2) is 6.16 Å². The Morgan fingerprint density at radius 1 is 0.286 bits per heavy atom. The SMILES string of the molecule is CCCCCCCCC.CCCCCCCCCCCCCCCCCCP. The Labute approximate surface area is 184 Å². The fourth-order valence-electron chi connectivity index (χ4n) is 3.72. The molecule has 0 rings (SSSR count). The van der Waals surface area contributed by atoms with Crippen molar-refractivity contribution in [2.75, 3.05) is 6.16 Å². The zero-order chi connectivity index (χ0) is 21.0. The molecule has 0 fully saturated rings. The topological polar surface area (TPSA) is 0 Å². The molecule has 0 radical (unpaired) electrons. The van der Waals surface area contributed by atoms with Crippen molar-refractivity contribution in [1.29, 1.82) is 0 Å². The van der Waals surface area contributed by atoms with Crippen LogP contribution in [0.2, 0.25) is 0 Å². The molecule has 0 saturated carbocycles. The summed E-state index contributed by atoms with van der Waals surface area (Å²) >= 11 is 0. The van der Waals surface area contributed by atoms with Crippen LogP contribution in [0.25, 0.3) is 0 Å². The molecule has 28 heavy (non-hydrogen) atoms. The van der Waals surface area contributed by atoms with Crippen LogP contribution in [0.5, 0.6) is 0 Å². The van der Waals surface area contributed by atoms with E-state index in [0.717, 1.165) is 0 Å². The zero-order valence-electron chi connectivity index (χ0n) is 20.5. The number of rotatable bonds is 22. The van der Waals surface area contributed by atoms with Crippen molar-refractivity contribution in [2.45, 2.75) is 168 Å². The average Bonchev–Trinajstić information content (AvgIpc) is 2.71. The van der Waals surface area contributed by atoms with Crippen molar-refractivity contribution in [3.63, 3.8) is 0 Å². The summed E-state index contributed by atoms with van der Waals surface area (Å²) in [6.45, 7) is 6.82. The number of hydrogen-bond donors (Lipinski definition) is 0. The molecule has 0 spiro atoms. The molecule has 0 saturated heterocycles. The van der Waals surface area contributed by atoms with Gasteiger partial charge in [0.25, 0.3) is 0 Å². The Kier molecular flexibility index (Phi) is 35.1. The van der Waals surface area contributed by atoms with Gasteiger partial charge in [0.15, 0.2) is 0 Å². The second-order valence-corrected chi connectivity index (χ2v) is 9.44. The second kappa shape index (κ2) is 32.1. The van der Waals surface area contributed by atoms with Crippen LogP contribution in [0.15, 0.2) is 0 Å². The molecule has 1 atom stereocenters. The maximum atomic E-state index is 2.83. The predicted molar refractivity (Wildman–Crippen MR) is 138 cm³/mol. The van der Waals surface area contributed by atoms with Gasteiger partial charge in [-0.1, -0.05) is 162 Å². The standard InChI is InChI=1S/C18H39P.C9H20/c1-2-3-4-5-6-7-8-9-10-11-12-13-14-15-16-17-18-19;1-3-5-7-9-8-6-4-2/h2-19H2,1H3;3-9H2,1-2H3. The van der Waals surface area contributed by atoms with Crippen LogP contribution < -0.4 is 0 Å². The number of unbranched alkanes of at least 4 members (excludes halogenated alkanes) is 21. The van der Waals surface area contributed by atoms with Crippen molar-refractivity contribution in [3.8, 4) is 0 Å². The van der Waals surface area contributed by atoms with Crippen LogP contribution in [0.4, 0.5) is 0 Å². The van der Waals surface area contributed by atoms with Crippen LogP contribution in [-0.2, 0) is 0 Å². The average molecular weight is 415 g/mol. The summed E-state index contributed by atoms with van der Waals surface area (Å²) in [5, 5.41) is 0. The fourth-order valence-corrected chi connectivity index (χ4v) is 4.01. The molecule has 0 amide bonds. The number of hydrogen-bond acceptors (Lipinski definition) is 0. The van der Waals surface area contributed by atoms with Crippen molar-refractivity contribution < 1.29 is 0 Å². The Morgan fingerprint density at radius 3 is 0.643 bits per heavy atom. The lowest BCUT2D eigenvalue weighted by atomic mass is 10.0. The smallest absolute Gasteiger partial charge is 0.0381 e. The molecular formula is C27H59P. The van der Waals surface area contributed by atoms with Gasteiger partial charge in [-0.2, -0.15) is 0 Å². The molecule has 0 bridgehead atoms. The van der Waals surface area contributed by atoms with Gasteiger partial charge < -0.3 is 0 Å². The maximum Gasteiger partial charge on any atom is -0.0381 e. The summed E-state index contributed by atoms with van der Waals surface area (Å²) in [6, 6.07) is 0. The minimum atomic E-state index is 1.29. The molecule has 1 unspecified atom stereocenters. The highest BCUT2D eigenvalue weighted by molar-refractivity contribution is 7.16. The van der Waals surface area contributed by atoms with Gasteiger partial charge in [0.1, 0.15) is 0 Å². The third-order valence-corrected chi connectivity index (χ3v) is 6.17. The van der Waals surface area contributed by atoms with Crippen molar-refractivity contribution in [3.05, 3.63) is 0 Å². The predicted octanol–water partition coefficient (Wildman–Crippen LogP) is 10.9.